The first-order chi connectivity index (χ1) is 27.1. The number of carbonyl (C=O) groups is 1. The molecule has 1 saturated carbocycles. The van der Waals surface area contributed by atoms with E-state index in [1.54, 1.807) is 18.2 Å². The Bertz CT molecular complexity index is 2270. The van der Waals surface area contributed by atoms with Crippen LogP contribution in [0.2, 0.25) is 0 Å². The topological polar surface area (TPSA) is 161 Å². The highest BCUT2D eigenvalue weighted by molar-refractivity contribution is 7.13. The van der Waals surface area contributed by atoms with Crippen LogP contribution >= 0.6 is 22.7 Å². The number of fused-ring (bicyclic) bond motifs is 3. The van der Waals surface area contributed by atoms with E-state index in [9.17, 15) is 24.9 Å². The van der Waals surface area contributed by atoms with Crippen LogP contribution in [0.1, 0.15) is 94.7 Å². The molecule has 3 aliphatic carbocycles. The van der Waals surface area contributed by atoms with Gasteiger partial charge < -0.3 is 39.8 Å². The van der Waals surface area contributed by atoms with Crippen molar-refractivity contribution in [3.8, 4) is 5.75 Å². The Labute approximate surface area is 334 Å². The number of aliphatic hydroxyl groups is 2. The second-order valence-electron chi connectivity index (χ2n) is 15.7. The highest BCUT2D eigenvalue weighted by Gasteiger charge is 2.45. The van der Waals surface area contributed by atoms with E-state index in [1.807, 2.05) is 30.5 Å². The molecule has 5 N–H and O–H groups in total. The van der Waals surface area contributed by atoms with Crippen LogP contribution in [0.4, 0.5) is 0 Å². The number of phenols is 1. The lowest BCUT2D eigenvalue weighted by Crippen LogP contribution is -2.42. The average Bonchev–Trinajstić information content (AvgIpc) is 4.03. The molecule has 1 aromatic carbocycles. The lowest BCUT2D eigenvalue weighted by Gasteiger charge is -2.35. The SMILES string of the molecule is Cc1ccc(C(O)(C(=O)OC2CCC(N(C)CCCc3noc4c3C3=C(CCC3)C(CNC[C@H](O)c3ccc(O)c5[nH]c(=O)ccc35)C4)CC2)c2cccs2)s1. The number of thiophene rings is 2. The third kappa shape index (κ3) is 7.65. The van der Waals surface area contributed by atoms with Gasteiger partial charge >= 0.3 is 5.97 Å². The minimum atomic E-state index is -1.78. The lowest BCUT2D eigenvalue weighted by atomic mass is 9.82. The zero-order valence-electron chi connectivity index (χ0n) is 31.9. The first-order valence-corrected chi connectivity index (χ1v) is 21.5. The molecule has 296 valence electrons. The van der Waals surface area contributed by atoms with Gasteiger partial charge in [0.25, 0.3) is 0 Å². The molecule has 0 spiro atoms. The molecule has 0 aliphatic heterocycles. The van der Waals surface area contributed by atoms with Gasteiger partial charge in [-0.2, -0.15) is 0 Å². The Balaban J connectivity index is 0.821. The second kappa shape index (κ2) is 16.4. The van der Waals surface area contributed by atoms with Gasteiger partial charge in [-0.25, -0.2) is 4.79 Å². The Morgan fingerprint density at radius 1 is 1.12 bits per heavy atom. The number of hydrogen-bond donors (Lipinski definition) is 5. The van der Waals surface area contributed by atoms with E-state index in [0.717, 1.165) is 87.1 Å². The number of aromatic nitrogens is 2. The van der Waals surface area contributed by atoms with E-state index in [1.165, 1.54) is 51.5 Å². The maximum Gasteiger partial charge on any atom is 0.349 e. The summed E-state index contributed by atoms with van der Waals surface area (Å²) in [7, 11) is 2.18. The molecule has 5 aromatic rings. The van der Waals surface area contributed by atoms with Crippen molar-refractivity contribution in [2.45, 2.75) is 95.0 Å². The number of carbonyl (C=O) groups excluding carboxylic acids is 1. The summed E-state index contributed by atoms with van der Waals surface area (Å²) in [6.45, 7) is 3.94. The molecule has 56 heavy (non-hydrogen) atoms. The quantitative estimate of drug-likeness (QED) is 0.0762. The van der Waals surface area contributed by atoms with Crippen LogP contribution in [0.15, 0.2) is 68.8 Å². The number of H-pyrrole nitrogens is 1. The predicted molar refractivity (Wildman–Crippen MR) is 218 cm³/mol. The van der Waals surface area contributed by atoms with Crippen LogP contribution in [0, 0.1) is 12.8 Å². The number of aryl methyl sites for hydroxylation is 2. The van der Waals surface area contributed by atoms with Crippen molar-refractivity contribution in [1.29, 1.82) is 0 Å². The van der Waals surface area contributed by atoms with Crippen molar-refractivity contribution in [1.82, 2.24) is 20.4 Å². The molecule has 3 atom stereocenters. The number of aliphatic hydroxyl groups excluding tert-OH is 1. The molecule has 8 rings (SSSR count). The first-order valence-electron chi connectivity index (χ1n) is 19.8. The van der Waals surface area contributed by atoms with E-state index >= 15 is 0 Å². The number of nitrogens with one attached hydrogen (secondary N) is 2. The van der Waals surface area contributed by atoms with Crippen molar-refractivity contribution in [2.75, 3.05) is 26.7 Å². The number of hydrogen-bond acceptors (Lipinski definition) is 12. The summed E-state index contributed by atoms with van der Waals surface area (Å²) in [6.07, 6.45) is 8.15. The maximum atomic E-state index is 13.6. The van der Waals surface area contributed by atoms with E-state index < -0.39 is 17.7 Å². The number of benzene rings is 1. The number of allylic oxidation sites excluding steroid dienone is 1. The van der Waals surface area contributed by atoms with Crippen molar-refractivity contribution >= 4 is 45.1 Å². The molecular formula is C43H50N4O7S2. The summed E-state index contributed by atoms with van der Waals surface area (Å²) in [5.41, 5.74) is 4.04. The highest BCUT2D eigenvalue weighted by Crippen LogP contribution is 2.46. The number of esters is 1. The van der Waals surface area contributed by atoms with E-state index in [2.05, 4.69) is 27.4 Å². The predicted octanol–water partition coefficient (Wildman–Crippen LogP) is 6.74. The van der Waals surface area contributed by atoms with Gasteiger partial charge in [-0.15, -0.1) is 22.7 Å². The molecule has 0 amide bonds. The molecule has 0 bridgehead atoms. The molecule has 0 saturated heterocycles. The van der Waals surface area contributed by atoms with Gasteiger partial charge in [0.15, 0.2) is 0 Å². The average molecular weight is 799 g/mol. The van der Waals surface area contributed by atoms with Crippen molar-refractivity contribution in [3.05, 3.63) is 107 Å². The normalized spacial score (nSPS) is 21.3. The van der Waals surface area contributed by atoms with Gasteiger partial charge in [0.05, 0.1) is 27.1 Å². The van der Waals surface area contributed by atoms with Crippen LogP contribution in [-0.4, -0.2) is 75.2 Å². The number of rotatable bonds is 14. The molecule has 1 fully saturated rings. The summed E-state index contributed by atoms with van der Waals surface area (Å²) >= 11 is 2.79. The minimum Gasteiger partial charge on any atom is -0.506 e. The number of ether oxygens (including phenoxy) is 1. The highest BCUT2D eigenvalue weighted by atomic mass is 32.1. The zero-order chi connectivity index (χ0) is 39.0. The molecule has 4 heterocycles. The smallest absolute Gasteiger partial charge is 0.349 e. The molecule has 0 radical (unpaired) electrons. The zero-order valence-corrected chi connectivity index (χ0v) is 33.5. The molecule has 11 nitrogen and oxygen atoms in total. The summed E-state index contributed by atoms with van der Waals surface area (Å²) in [4.78, 5) is 32.7. The molecule has 3 aliphatic rings. The summed E-state index contributed by atoms with van der Waals surface area (Å²) < 4.78 is 12.0. The number of pyridine rings is 1. The largest absolute Gasteiger partial charge is 0.506 e. The van der Waals surface area contributed by atoms with Gasteiger partial charge in [0.2, 0.25) is 11.2 Å². The van der Waals surface area contributed by atoms with Gasteiger partial charge in [-0.1, -0.05) is 22.9 Å². The summed E-state index contributed by atoms with van der Waals surface area (Å²) in [6, 6.07) is 14.0. The van der Waals surface area contributed by atoms with E-state index in [-0.39, 0.29) is 23.3 Å². The van der Waals surface area contributed by atoms with Gasteiger partial charge in [-0.3, -0.25) is 4.79 Å². The molecule has 4 aromatic heterocycles. The van der Waals surface area contributed by atoms with Crippen LogP contribution in [0.25, 0.3) is 16.5 Å². The van der Waals surface area contributed by atoms with Gasteiger partial charge in [-0.05, 0) is 125 Å². The Morgan fingerprint density at radius 3 is 2.73 bits per heavy atom. The molecular weight excluding hydrogens is 749 g/mol. The number of aromatic amines is 1. The van der Waals surface area contributed by atoms with Crippen molar-refractivity contribution in [3.63, 3.8) is 0 Å². The van der Waals surface area contributed by atoms with Crippen LogP contribution in [0.5, 0.6) is 5.75 Å². The second-order valence-corrected chi connectivity index (χ2v) is 17.9. The number of nitrogens with zero attached hydrogens (tertiary/aromatic N) is 2. The lowest BCUT2D eigenvalue weighted by molar-refractivity contribution is -0.169. The third-order valence-corrected chi connectivity index (χ3v) is 14.1. The van der Waals surface area contributed by atoms with Crippen LogP contribution < -0.4 is 10.9 Å². The molecule has 2 unspecified atom stereocenters. The maximum absolute atomic E-state index is 13.6. The van der Waals surface area contributed by atoms with E-state index in [4.69, 9.17) is 9.26 Å². The summed E-state index contributed by atoms with van der Waals surface area (Å²) in [5, 5.41) is 43.6. The summed E-state index contributed by atoms with van der Waals surface area (Å²) in [5.74, 6) is 0.620. The number of phenolic OH excluding ortho intramolecular Hbond substituents is 1. The Morgan fingerprint density at radius 2 is 1.96 bits per heavy atom. The van der Waals surface area contributed by atoms with Crippen molar-refractivity contribution < 1.29 is 29.4 Å². The van der Waals surface area contributed by atoms with Gasteiger partial charge in [0, 0.05) is 53.4 Å². The van der Waals surface area contributed by atoms with Gasteiger partial charge in [0.1, 0.15) is 17.6 Å². The van der Waals surface area contributed by atoms with Crippen LogP contribution in [-0.2, 0) is 28.0 Å². The van der Waals surface area contributed by atoms with Crippen molar-refractivity contribution in [2.24, 2.45) is 5.92 Å². The third-order valence-electron chi connectivity index (χ3n) is 12.0. The van der Waals surface area contributed by atoms with Crippen LogP contribution in [0.3, 0.4) is 0 Å². The Hall–Kier alpha value is -4.11. The number of aromatic hydroxyl groups is 1. The minimum absolute atomic E-state index is 0.0240. The van der Waals surface area contributed by atoms with E-state index in [0.29, 0.717) is 45.4 Å². The fraction of sp³-hybridized carbons (Fsp3) is 0.465. The first kappa shape index (κ1) is 38.7. The monoisotopic (exact) mass is 798 g/mol. The molecule has 13 heteroatoms. The fourth-order valence-electron chi connectivity index (χ4n) is 9.07. The standard InChI is InChI=1S/C43H50N4O7S2/c1-25-10-18-38(56-25)43(52,37-9-5-21-55-37)42(51)53-28-13-11-27(12-14-28)47(2)20-4-8-33-40-31-7-3-6-29(31)26(22-36(40)54-46-33)23-44-24-35(49)30-15-17-34(48)41-32(30)16-19-39(50)45-41/h5,9-10,15-19,21,26-28,35,44,48-49,52H,3-4,6-8,11-14,20,22-24H2,1-2H3,(H,45,50)/t26?,27?,28?,35-,43?/m0/s1. The fourth-order valence-corrected chi connectivity index (χ4v) is 10.9. The Kier molecular flexibility index (Phi) is 11.3.